The van der Waals surface area contributed by atoms with Crippen LogP contribution in [0.3, 0.4) is 0 Å². The number of rotatable bonds is 3. The lowest BCUT2D eigenvalue weighted by molar-refractivity contribution is 0.0174. The lowest BCUT2D eigenvalue weighted by atomic mass is 9.57. The molecule has 84 valence electrons. The van der Waals surface area contributed by atoms with Crippen molar-refractivity contribution in [2.45, 2.75) is 12.8 Å². The van der Waals surface area contributed by atoms with Gasteiger partial charge in [-0.25, -0.2) is 4.39 Å². The topological polar surface area (TPSA) is 35.8 Å². The molecule has 1 aliphatic heterocycles. The molecular weight excluding hydrogens is 203 g/mol. The van der Waals surface area contributed by atoms with Gasteiger partial charge in [-0.2, -0.15) is 5.26 Å². The first-order valence-electron chi connectivity index (χ1n) is 5.42. The Kier molecular flexibility index (Phi) is 2.69. The Morgan fingerprint density at radius 3 is 2.50 bits per heavy atom. The van der Waals surface area contributed by atoms with Gasteiger partial charge in [0.05, 0.1) is 6.07 Å². The largest absolute Gasteiger partial charge is 0.316 e. The SMILES string of the molecule is C=C(C#N)/C=C(/F)C(=C)C1CC2(CNC2)C1. The Morgan fingerprint density at radius 2 is 2.06 bits per heavy atom. The van der Waals surface area contributed by atoms with Gasteiger partial charge in [0.2, 0.25) is 0 Å². The lowest BCUT2D eigenvalue weighted by Crippen LogP contribution is -2.60. The van der Waals surface area contributed by atoms with Gasteiger partial charge in [0, 0.05) is 18.7 Å². The van der Waals surface area contributed by atoms with Crippen LogP contribution in [0.4, 0.5) is 4.39 Å². The lowest BCUT2D eigenvalue weighted by Gasteiger charge is -2.54. The summed E-state index contributed by atoms with van der Waals surface area (Å²) < 4.78 is 13.6. The number of halogens is 1. The molecule has 2 rings (SSSR count). The van der Waals surface area contributed by atoms with Gasteiger partial charge in [-0.05, 0) is 35.8 Å². The average molecular weight is 218 g/mol. The van der Waals surface area contributed by atoms with Gasteiger partial charge in [-0.3, -0.25) is 0 Å². The highest BCUT2D eigenvalue weighted by molar-refractivity contribution is 5.38. The molecule has 0 unspecified atom stereocenters. The molecule has 0 amide bonds. The molecular formula is C13H15FN2. The number of nitriles is 1. The second-order valence-electron chi connectivity index (χ2n) is 4.86. The zero-order valence-electron chi connectivity index (χ0n) is 9.22. The van der Waals surface area contributed by atoms with Gasteiger partial charge in [0.1, 0.15) is 5.83 Å². The van der Waals surface area contributed by atoms with Crippen LogP contribution in [-0.4, -0.2) is 13.1 Å². The van der Waals surface area contributed by atoms with E-state index in [4.69, 9.17) is 5.26 Å². The molecule has 1 spiro atoms. The third-order valence-electron chi connectivity index (χ3n) is 3.60. The highest BCUT2D eigenvalue weighted by Gasteiger charge is 2.49. The normalized spacial score (nSPS) is 23.1. The van der Waals surface area contributed by atoms with Crippen molar-refractivity contribution in [3.05, 3.63) is 36.2 Å². The van der Waals surface area contributed by atoms with Crippen LogP contribution in [0.1, 0.15) is 12.8 Å². The van der Waals surface area contributed by atoms with E-state index in [1.54, 1.807) is 6.07 Å². The van der Waals surface area contributed by atoms with Crippen LogP contribution >= 0.6 is 0 Å². The highest BCUT2D eigenvalue weighted by atomic mass is 19.1. The first kappa shape index (κ1) is 11.1. The van der Waals surface area contributed by atoms with E-state index in [2.05, 4.69) is 18.5 Å². The maximum absolute atomic E-state index is 13.6. The van der Waals surface area contributed by atoms with E-state index in [-0.39, 0.29) is 11.5 Å². The zero-order valence-corrected chi connectivity index (χ0v) is 9.22. The van der Waals surface area contributed by atoms with Crippen LogP contribution < -0.4 is 5.32 Å². The average Bonchev–Trinajstić information content (AvgIpc) is 2.12. The van der Waals surface area contributed by atoms with E-state index >= 15 is 0 Å². The van der Waals surface area contributed by atoms with Crippen molar-refractivity contribution in [1.82, 2.24) is 5.32 Å². The molecule has 0 bridgehead atoms. The van der Waals surface area contributed by atoms with E-state index in [1.165, 1.54) is 6.08 Å². The first-order chi connectivity index (χ1) is 7.56. The molecule has 2 aliphatic rings. The van der Waals surface area contributed by atoms with Crippen molar-refractivity contribution in [3.8, 4) is 6.07 Å². The predicted molar refractivity (Wildman–Crippen MR) is 61.1 cm³/mol. The molecule has 1 saturated heterocycles. The van der Waals surface area contributed by atoms with Crippen molar-refractivity contribution in [3.63, 3.8) is 0 Å². The minimum absolute atomic E-state index is 0.137. The Labute approximate surface area is 95.1 Å². The number of hydrogen-bond acceptors (Lipinski definition) is 2. The van der Waals surface area contributed by atoms with Crippen LogP contribution in [0.25, 0.3) is 0 Å². The van der Waals surface area contributed by atoms with Crippen LogP contribution in [0.2, 0.25) is 0 Å². The van der Waals surface area contributed by atoms with E-state index < -0.39 is 5.83 Å². The summed E-state index contributed by atoms with van der Waals surface area (Å²) >= 11 is 0. The Bertz CT molecular complexity index is 402. The van der Waals surface area contributed by atoms with Crippen molar-refractivity contribution in [1.29, 1.82) is 5.26 Å². The minimum Gasteiger partial charge on any atom is -0.316 e. The molecule has 1 N–H and O–H groups in total. The summed E-state index contributed by atoms with van der Waals surface area (Å²) in [5.41, 5.74) is 1.08. The summed E-state index contributed by atoms with van der Waals surface area (Å²) in [6.45, 7) is 9.30. The molecule has 16 heavy (non-hydrogen) atoms. The first-order valence-corrected chi connectivity index (χ1v) is 5.42. The molecule has 1 saturated carbocycles. The van der Waals surface area contributed by atoms with Gasteiger partial charge in [-0.1, -0.05) is 13.2 Å². The summed E-state index contributed by atoms with van der Waals surface area (Å²) in [7, 11) is 0. The Morgan fingerprint density at radius 1 is 1.44 bits per heavy atom. The number of nitrogens with zero attached hydrogens (tertiary/aromatic N) is 1. The van der Waals surface area contributed by atoms with Crippen molar-refractivity contribution in [2.24, 2.45) is 11.3 Å². The van der Waals surface area contributed by atoms with Crippen LogP contribution in [0.15, 0.2) is 36.2 Å². The highest BCUT2D eigenvalue weighted by Crippen LogP contribution is 2.52. The fraction of sp³-hybridized carbons (Fsp3) is 0.462. The number of hydrogen-bond donors (Lipinski definition) is 1. The van der Waals surface area contributed by atoms with Gasteiger partial charge >= 0.3 is 0 Å². The van der Waals surface area contributed by atoms with E-state index in [0.29, 0.717) is 11.0 Å². The van der Waals surface area contributed by atoms with E-state index in [9.17, 15) is 4.39 Å². The third kappa shape index (κ3) is 1.81. The molecule has 3 heteroatoms. The molecule has 0 aromatic carbocycles. The quantitative estimate of drug-likeness (QED) is 0.583. The second kappa shape index (κ2) is 3.88. The zero-order chi connectivity index (χ0) is 11.8. The van der Waals surface area contributed by atoms with Crippen molar-refractivity contribution >= 4 is 0 Å². The summed E-state index contributed by atoms with van der Waals surface area (Å²) in [6.07, 6.45) is 3.20. The van der Waals surface area contributed by atoms with Crippen LogP contribution in [-0.2, 0) is 0 Å². The van der Waals surface area contributed by atoms with Crippen molar-refractivity contribution < 1.29 is 4.39 Å². The summed E-state index contributed by atoms with van der Waals surface area (Å²) in [5, 5.41) is 11.7. The monoisotopic (exact) mass is 218 g/mol. The van der Waals surface area contributed by atoms with Gasteiger partial charge < -0.3 is 5.32 Å². The molecule has 0 radical (unpaired) electrons. The summed E-state index contributed by atoms with van der Waals surface area (Å²) in [5.74, 6) is -0.150. The second-order valence-corrected chi connectivity index (χ2v) is 4.86. The Hall–Kier alpha value is -1.40. The molecule has 0 aromatic rings. The van der Waals surface area contributed by atoms with Crippen LogP contribution in [0, 0.1) is 22.7 Å². The summed E-state index contributed by atoms with van der Waals surface area (Å²) in [6, 6.07) is 1.80. The summed E-state index contributed by atoms with van der Waals surface area (Å²) in [4.78, 5) is 0. The van der Waals surface area contributed by atoms with Gasteiger partial charge in [0.25, 0.3) is 0 Å². The van der Waals surface area contributed by atoms with E-state index in [0.717, 1.165) is 25.9 Å². The number of allylic oxidation sites excluding steroid dienone is 4. The minimum atomic E-state index is -0.390. The van der Waals surface area contributed by atoms with Gasteiger partial charge in [0.15, 0.2) is 0 Å². The molecule has 2 fully saturated rings. The van der Waals surface area contributed by atoms with E-state index in [1.807, 2.05) is 0 Å². The molecule has 2 nitrogen and oxygen atoms in total. The maximum Gasteiger partial charge on any atom is 0.127 e. The third-order valence-corrected chi connectivity index (χ3v) is 3.60. The van der Waals surface area contributed by atoms with Gasteiger partial charge in [-0.15, -0.1) is 0 Å². The van der Waals surface area contributed by atoms with Crippen molar-refractivity contribution in [2.75, 3.05) is 13.1 Å². The smallest absolute Gasteiger partial charge is 0.127 e. The Balaban J connectivity index is 1.92. The fourth-order valence-corrected chi connectivity index (χ4v) is 2.47. The molecule has 1 aliphatic carbocycles. The predicted octanol–water partition coefficient (Wildman–Crippen LogP) is 2.48. The maximum atomic E-state index is 13.6. The molecule has 0 atom stereocenters. The number of nitrogens with one attached hydrogen (secondary N) is 1. The fourth-order valence-electron chi connectivity index (χ4n) is 2.47. The molecule has 0 aromatic heterocycles. The standard InChI is InChI=1S/C13H15FN2/c1-9(6-15)3-12(14)10(2)11-4-13(5-11)7-16-8-13/h3,11,16H,1-2,4-5,7-8H2/b12-3+. The molecule has 1 heterocycles. The van der Waals surface area contributed by atoms with Crippen LogP contribution in [0.5, 0.6) is 0 Å².